The first kappa shape index (κ1) is 14.2. The quantitative estimate of drug-likeness (QED) is 0.807. The fraction of sp³-hybridized carbons (Fsp3) is 0.429. The minimum absolute atomic E-state index is 0.212. The number of rotatable bonds is 6. The van der Waals surface area contributed by atoms with Crippen molar-refractivity contribution in [3.63, 3.8) is 0 Å². The number of carboxylic acids is 1. The van der Waals surface area contributed by atoms with Gasteiger partial charge in [0.15, 0.2) is 0 Å². The molecule has 1 rings (SSSR count). The number of aliphatic carboxylic acids is 1. The van der Waals surface area contributed by atoms with Crippen molar-refractivity contribution in [2.24, 2.45) is 0 Å². The third-order valence-corrected chi connectivity index (χ3v) is 2.67. The van der Waals surface area contributed by atoms with Crippen LogP contribution in [0, 0.1) is 0 Å². The first-order valence-corrected chi connectivity index (χ1v) is 6.13. The molecule has 1 unspecified atom stereocenters. The monoisotopic (exact) mass is 249 g/mol. The highest BCUT2D eigenvalue weighted by atomic mass is 16.4. The normalized spacial score (nSPS) is 11.9. The van der Waals surface area contributed by atoms with Crippen molar-refractivity contribution in [3.05, 3.63) is 35.4 Å². The van der Waals surface area contributed by atoms with Crippen LogP contribution in [0.15, 0.2) is 24.3 Å². The number of nitrogens with one attached hydrogen (secondary N) is 1. The summed E-state index contributed by atoms with van der Waals surface area (Å²) in [6, 6.07) is 6.99. The molecule has 0 radical (unpaired) electrons. The summed E-state index contributed by atoms with van der Waals surface area (Å²) in [4.78, 5) is 22.2. The van der Waals surface area contributed by atoms with E-state index in [0.717, 1.165) is 18.4 Å². The summed E-state index contributed by atoms with van der Waals surface area (Å²) in [7, 11) is 0. The molecule has 2 N–H and O–H groups in total. The molecule has 1 amide bonds. The Morgan fingerprint density at radius 2 is 1.78 bits per heavy atom. The zero-order valence-electron chi connectivity index (χ0n) is 10.8. The molecule has 0 aromatic heterocycles. The maximum Gasteiger partial charge on any atom is 0.325 e. The van der Waals surface area contributed by atoms with Gasteiger partial charge in [-0.05, 0) is 24.5 Å². The van der Waals surface area contributed by atoms with E-state index in [2.05, 4.69) is 12.2 Å². The molecular weight excluding hydrogens is 230 g/mol. The van der Waals surface area contributed by atoms with Crippen LogP contribution in [0.5, 0.6) is 0 Å². The van der Waals surface area contributed by atoms with Crippen LogP contribution in [-0.4, -0.2) is 23.0 Å². The van der Waals surface area contributed by atoms with Crippen LogP contribution in [0.2, 0.25) is 0 Å². The number of benzene rings is 1. The summed E-state index contributed by atoms with van der Waals surface area (Å²) >= 11 is 0. The van der Waals surface area contributed by atoms with Gasteiger partial charge in [-0.2, -0.15) is 0 Å². The maximum atomic E-state index is 11.6. The number of hydrogen-bond acceptors (Lipinski definition) is 2. The summed E-state index contributed by atoms with van der Waals surface area (Å²) in [5, 5.41) is 11.1. The number of carbonyl (C=O) groups is 2. The molecule has 0 bridgehead atoms. The van der Waals surface area contributed by atoms with Crippen LogP contribution in [0.1, 0.15) is 31.4 Å². The largest absolute Gasteiger partial charge is 0.480 e. The van der Waals surface area contributed by atoms with Gasteiger partial charge in [0.2, 0.25) is 5.91 Å². The van der Waals surface area contributed by atoms with Crippen molar-refractivity contribution in [2.45, 2.75) is 39.2 Å². The number of carbonyl (C=O) groups excluding carboxylic acids is 1. The highest BCUT2D eigenvalue weighted by Gasteiger charge is 2.13. The zero-order valence-corrected chi connectivity index (χ0v) is 10.8. The van der Waals surface area contributed by atoms with Gasteiger partial charge in [-0.25, -0.2) is 0 Å². The van der Waals surface area contributed by atoms with Crippen LogP contribution < -0.4 is 5.32 Å². The summed E-state index contributed by atoms with van der Waals surface area (Å²) < 4.78 is 0. The van der Waals surface area contributed by atoms with Gasteiger partial charge in [-0.3, -0.25) is 9.59 Å². The second-order valence-corrected chi connectivity index (χ2v) is 4.37. The first-order chi connectivity index (χ1) is 8.52. The van der Waals surface area contributed by atoms with E-state index in [4.69, 9.17) is 5.11 Å². The van der Waals surface area contributed by atoms with Gasteiger partial charge in [0.05, 0.1) is 6.42 Å². The smallest absolute Gasteiger partial charge is 0.325 e. The Kier molecular flexibility index (Phi) is 5.36. The molecular formula is C14H19NO3. The molecule has 0 aliphatic rings. The molecule has 0 saturated carbocycles. The summed E-state index contributed by atoms with van der Waals surface area (Å²) in [5.41, 5.74) is 2.14. The lowest BCUT2D eigenvalue weighted by atomic mass is 10.1. The zero-order chi connectivity index (χ0) is 13.5. The van der Waals surface area contributed by atoms with Crippen molar-refractivity contribution in [1.82, 2.24) is 5.32 Å². The standard InChI is InChI=1S/C14H19NO3/c1-3-4-11-5-7-12(8-6-11)9-13(16)15-10(2)14(17)18/h5-8,10H,3-4,9H2,1-2H3,(H,15,16)(H,17,18). The predicted octanol–water partition coefficient (Wildman–Crippen LogP) is 1.77. The molecule has 1 aromatic carbocycles. The molecule has 0 aliphatic heterocycles. The minimum Gasteiger partial charge on any atom is -0.480 e. The van der Waals surface area contributed by atoms with E-state index < -0.39 is 12.0 Å². The van der Waals surface area contributed by atoms with Crippen molar-refractivity contribution in [2.75, 3.05) is 0 Å². The van der Waals surface area contributed by atoms with Gasteiger partial charge < -0.3 is 10.4 Å². The summed E-state index contributed by atoms with van der Waals surface area (Å²) in [6.45, 7) is 3.57. The maximum absolute atomic E-state index is 11.6. The molecule has 98 valence electrons. The van der Waals surface area contributed by atoms with E-state index >= 15 is 0 Å². The molecule has 4 nitrogen and oxygen atoms in total. The van der Waals surface area contributed by atoms with E-state index in [-0.39, 0.29) is 12.3 Å². The Hall–Kier alpha value is -1.84. The Morgan fingerprint density at radius 1 is 1.22 bits per heavy atom. The van der Waals surface area contributed by atoms with E-state index in [1.807, 2.05) is 24.3 Å². The molecule has 0 saturated heterocycles. The van der Waals surface area contributed by atoms with E-state index in [9.17, 15) is 9.59 Å². The predicted molar refractivity (Wildman–Crippen MR) is 69.4 cm³/mol. The van der Waals surface area contributed by atoms with Gasteiger partial charge in [-0.15, -0.1) is 0 Å². The first-order valence-electron chi connectivity index (χ1n) is 6.13. The molecule has 0 spiro atoms. The number of hydrogen-bond donors (Lipinski definition) is 2. The molecule has 1 aromatic rings. The average Bonchev–Trinajstić information content (AvgIpc) is 2.31. The second-order valence-electron chi connectivity index (χ2n) is 4.37. The number of amides is 1. The van der Waals surface area contributed by atoms with Gasteiger partial charge in [-0.1, -0.05) is 37.6 Å². The highest BCUT2D eigenvalue weighted by Crippen LogP contribution is 2.07. The molecule has 0 fully saturated rings. The topological polar surface area (TPSA) is 66.4 Å². The molecule has 18 heavy (non-hydrogen) atoms. The Balaban J connectivity index is 2.51. The molecule has 1 atom stereocenters. The van der Waals surface area contributed by atoms with Crippen molar-refractivity contribution >= 4 is 11.9 Å². The molecule has 4 heteroatoms. The van der Waals surface area contributed by atoms with Gasteiger partial charge in [0, 0.05) is 0 Å². The van der Waals surface area contributed by atoms with E-state index in [1.165, 1.54) is 12.5 Å². The van der Waals surface area contributed by atoms with Crippen LogP contribution in [0.3, 0.4) is 0 Å². The van der Waals surface area contributed by atoms with E-state index in [0.29, 0.717) is 0 Å². The molecule has 0 heterocycles. The van der Waals surface area contributed by atoms with Gasteiger partial charge >= 0.3 is 5.97 Å². The SMILES string of the molecule is CCCc1ccc(CC(=O)NC(C)C(=O)O)cc1. The fourth-order valence-electron chi connectivity index (χ4n) is 1.65. The number of carboxylic acid groups (broad SMARTS) is 1. The Morgan fingerprint density at radius 3 is 2.28 bits per heavy atom. The highest BCUT2D eigenvalue weighted by molar-refractivity contribution is 5.84. The van der Waals surface area contributed by atoms with Crippen molar-refractivity contribution in [1.29, 1.82) is 0 Å². The third kappa shape index (κ3) is 4.57. The van der Waals surface area contributed by atoms with E-state index in [1.54, 1.807) is 0 Å². The lowest BCUT2D eigenvalue weighted by Gasteiger charge is -2.09. The third-order valence-electron chi connectivity index (χ3n) is 2.67. The fourth-order valence-corrected chi connectivity index (χ4v) is 1.65. The van der Waals surface area contributed by atoms with Crippen LogP contribution in [0.25, 0.3) is 0 Å². The van der Waals surface area contributed by atoms with Crippen molar-refractivity contribution < 1.29 is 14.7 Å². The Bertz CT molecular complexity index is 412. The van der Waals surface area contributed by atoms with Crippen molar-refractivity contribution in [3.8, 4) is 0 Å². The summed E-state index contributed by atoms with van der Waals surface area (Å²) in [6.07, 6.45) is 2.34. The van der Waals surface area contributed by atoms with Crippen LogP contribution in [-0.2, 0) is 22.4 Å². The number of aryl methyl sites for hydroxylation is 1. The lowest BCUT2D eigenvalue weighted by molar-refractivity contribution is -0.141. The summed E-state index contributed by atoms with van der Waals surface area (Å²) in [5.74, 6) is -1.30. The minimum atomic E-state index is -1.03. The Labute approximate surface area is 107 Å². The second kappa shape index (κ2) is 6.79. The lowest BCUT2D eigenvalue weighted by Crippen LogP contribution is -2.39. The van der Waals surface area contributed by atoms with Gasteiger partial charge in [0.1, 0.15) is 6.04 Å². The average molecular weight is 249 g/mol. The van der Waals surface area contributed by atoms with Crippen LogP contribution >= 0.6 is 0 Å². The van der Waals surface area contributed by atoms with Gasteiger partial charge in [0.25, 0.3) is 0 Å². The van der Waals surface area contributed by atoms with Crippen LogP contribution in [0.4, 0.5) is 0 Å². The molecule has 0 aliphatic carbocycles.